The molecule has 1 aliphatic rings. The summed E-state index contributed by atoms with van der Waals surface area (Å²) in [7, 11) is 0. The van der Waals surface area contributed by atoms with E-state index in [1.807, 2.05) is 6.07 Å². The Hall–Kier alpha value is -1.65. The summed E-state index contributed by atoms with van der Waals surface area (Å²) in [6, 6.07) is 11.9. The quantitative estimate of drug-likeness (QED) is 0.617. The number of fused-ring (bicyclic) bond motifs is 1. The first-order valence-corrected chi connectivity index (χ1v) is 9.53. The van der Waals surface area contributed by atoms with Crippen LogP contribution in [0.4, 0.5) is 0 Å². The molecule has 0 unspecified atom stereocenters. The number of benzene rings is 2. The fourth-order valence-corrected chi connectivity index (χ4v) is 3.72. The Labute approximate surface area is 148 Å². The van der Waals surface area contributed by atoms with Crippen LogP contribution in [0.2, 0.25) is 0 Å². The Balaban J connectivity index is 1.66. The number of aromatic hydroxyl groups is 2. The highest BCUT2D eigenvalue weighted by atomic mass is 32.2. The van der Waals surface area contributed by atoms with Gasteiger partial charge in [0, 0.05) is 23.5 Å². The lowest BCUT2D eigenvalue weighted by Crippen LogP contribution is -2.40. The van der Waals surface area contributed by atoms with Crippen molar-refractivity contribution in [2.45, 2.75) is 50.2 Å². The van der Waals surface area contributed by atoms with Crippen LogP contribution < -0.4 is 0 Å². The minimum absolute atomic E-state index is 0.0384. The van der Waals surface area contributed by atoms with Gasteiger partial charge in [-0.3, -0.25) is 4.90 Å². The maximum absolute atomic E-state index is 9.65. The summed E-state index contributed by atoms with van der Waals surface area (Å²) < 4.78 is 0. The first kappa shape index (κ1) is 17.2. The normalized spacial score (nSPS) is 14.8. The highest BCUT2D eigenvalue weighted by Gasteiger charge is 2.31. The van der Waals surface area contributed by atoms with Crippen LogP contribution in [0.15, 0.2) is 41.3 Å². The van der Waals surface area contributed by atoms with E-state index in [1.165, 1.54) is 16.0 Å². The second kappa shape index (κ2) is 6.69. The monoisotopic (exact) mass is 343 g/mol. The molecule has 0 saturated carbocycles. The highest BCUT2D eigenvalue weighted by molar-refractivity contribution is 7.98. The molecule has 1 heterocycles. The van der Waals surface area contributed by atoms with Crippen LogP contribution in [0.1, 0.15) is 37.0 Å². The lowest BCUT2D eigenvalue weighted by atomic mass is 9.93. The highest BCUT2D eigenvalue weighted by Crippen LogP contribution is 2.34. The predicted molar refractivity (Wildman–Crippen MR) is 99.6 cm³/mol. The zero-order chi connectivity index (χ0) is 17.3. The largest absolute Gasteiger partial charge is 0.504 e. The molecule has 24 heavy (non-hydrogen) atoms. The zero-order valence-corrected chi connectivity index (χ0v) is 15.4. The number of phenols is 2. The van der Waals surface area contributed by atoms with Gasteiger partial charge in [0.1, 0.15) is 0 Å². The molecule has 0 aliphatic carbocycles. The van der Waals surface area contributed by atoms with Gasteiger partial charge in [-0.05, 0) is 73.9 Å². The van der Waals surface area contributed by atoms with Gasteiger partial charge < -0.3 is 10.2 Å². The average Bonchev–Trinajstić information content (AvgIpc) is 3.00. The first-order chi connectivity index (χ1) is 11.4. The molecule has 2 aromatic carbocycles. The Morgan fingerprint density at radius 1 is 1.00 bits per heavy atom. The van der Waals surface area contributed by atoms with Crippen molar-refractivity contribution in [1.82, 2.24) is 4.90 Å². The molecular weight excluding hydrogens is 318 g/mol. The number of hydrogen-bond acceptors (Lipinski definition) is 4. The lowest BCUT2D eigenvalue weighted by molar-refractivity contribution is 0.109. The van der Waals surface area contributed by atoms with E-state index in [0.29, 0.717) is 0 Å². The van der Waals surface area contributed by atoms with Crippen molar-refractivity contribution in [3.05, 3.63) is 53.1 Å². The number of rotatable bonds is 5. The number of nitrogens with zero attached hydrogens (tertiary/aromatic N) is 1. The standard InChI is InChI=1S/C20H25NO2S/c1-20(2,9-8-14-4-7-18(22)19(23)10-14)21-12-15-5-6-17(24-3)11-16(15)13-21/h4-7,10-11,22-23H,8-9,12-13H2,1-3H3. The maximum Gasteiger partial charge on any atom is 0.157 e. The van der Waals surface area contributed by atoms with E-state index >= 15 is 0 Å². The van der Waals surface area contributed by atoms with E-state index in [9.17, 15) is 10.2 Å². The molecule has 2 N–H and O–H groups in total. The van der Waals surface area contributed by atoms with E-state index in [2.05, 4.69) is 43.2 Å². The van der Waals surface area contributed by atoms with Crippen LogP contribution in [0.25, 0.3) is 0 Å². The lowest BCUT2D eigenvalue weighted by Gasteiger charge is -2.35. The molecule has 0 radical (unpaired) electrons. The number of thioether (sulfide) groups is 1. The van der Waals surface area contributed by atoms with Crippen LogP contribution in [0.5, 0.6) is 11.5 Å². The summed E-state index contributed by atoms with van der Waals surface area (Å²) in [5.74, 6) is -0.0962. The van der Waals surface area contributed by atoms with Gasteiger partial charge in [0.05, 0.1) is 0 Å². The van der Waals surface area contributed by atoms with Gasteiger partial charge in [-0.1, -0.05) is 12.1 Å². The minimum Gasteiger partial charge on any atom is -0.504 e. The van der Waals surface area contributed by atoms with Crippen molar-refractivity contribution in [2.75, 3.05) is 6.26 Å². The van der Waals surface area contributed by atoms with Crippen molar-refractivity contribution in [2.24, 2.45) is 0 Å². The molecule has 1 aliphatic heterocycles. The van der Waals surface area contributed by atoms with Gasteiger partial charge in [0.15, 0.2) is 11.5 Å². The maximum atomic E-state index is 9.65. The molecule has 2 aromatic rings. The van der Waals surface area contributed by atoms with Crippen LogP contribution >= 0.6 is 11.8 Å². The van der Waals surface area contributed by atoms with Crippen LogP contribution in [-0.4, -0.2) is 26.9 Å². The molecule has 3 nitrogen and oxygen atoms in total. The smallest absolute Gasteiger partial charge is 0.157 e. The Bertz CT molecular complexity index is 742. The Morgan fingerprint density at radius 2 is 1.75 bits per heavy atom. The summed E-state index contributed by atoms with van der Waals surface area (Å²) in [5, 5.41) is 19.1. The molecule has 0 spiro atoms. The van der Waals surface area contributed by atoms with E-state index in [0.717, 1.165) is 31.5 Å². The molecule has 0 amide bonds. The third kappa shape index (κ3) is 3.55. The second-order valence-electron chi connectivity index (χ2n) is 7.13. The molecule has 3 rings (SSSR count). The van der Waals surface area contributed by atoms with Crippen LogP contribution in [0.3, 0.4) is 0 Å². The predicted octanol–water partition coefficient (Wildman–Crippen LogP) is 4.55. The minimum atomic E-state index is -0.0578. The van der Waals surface area contributed by atoms with Crippen molar-refractivity contribution < 1.29 is 10.2 Å². The topological polar surface area (TPSA) is 43.7 Å². The molecular formula is C20H25NO2S. The third-order valence-electron chi connectivity index (χ3n) is 5.06. The summed E-state index contributed by atoms with van der Waals surface area (Å²) in [6.07, 6.45) is 4.00. The van der Waals surface area contributed by atoms with E-state index in [1.54, 1.807) is 23.9 Å². The fourth-order valence-electron chi connectivity index (χ4n) is 3.26. The molecule has 0 bridgehead atoms. The first-order valence-electron chi connectivity index (χ1n) is 8.31. The van der Waals surface area contributed by atoms with Crippen molar-refractivity contribution in [1.29, 1.82) is 0 Å². The van der Waals surface area contributed by atoms with Crippen molar-refractivity contribution in [3.63, 3.8) is 0 Å². The number of hydrogen-bond donors (Lipinski definition) is 2. The molecule has 128 valence electrons. The van der Waals surface area contributed by atoms with Gasteiger partial charge in [0.25, 0.3) is 0 Å². The molecule has 0 saturated heterocycles. The average molecular weight is 343 g/mol. The molecule has 0 aromatic heterocycles. The van der Waals surface area contributed by atoms with Crippen molar-refractivity contribution >= 4 is 11.8 Å². The number of aryl methyl sites for hydroxylation is 1. The van der Waals surface area contributed by atoms with Gasteiger partial charge in [-0.2, -0.15) is 0 Å². The van der Waals surface area contributed by atoms with Gasteiger partial charge in [0.2, 0.25) is 0 Å². The summed E-state index contributed by atoms with van der Waals surface area (Å²) >= 11 is 1.79. The van der Waals surface area contributed by atoms with Gasteiger partial charge in [-0.25, -0.2) is 0 Å². The van der Waals surface area contributed by atoms with E-state index in [-0.39, 0.29) is 17.0 Å². The van der Waals surface area contributed by atoms with E-state index < -0.39 is 0 Å². The van der Waals surface area contributed by atoms with Crippen LogP contribution in [0, 0.1) is 0 Å². The third-order valence-corrected chi connectivity index (χ3v) is 5.78. The van der Waals surface area contributed by atoms with Gasteiger partial charge >= 0.3 is 0 Å². The van der Waals surface area contributed by atoms with E-state index in [4.69, 9.17) is 0 Å². The zero-order valence-electron chi connectivity index (χ0n) is 14.5. The summed E-state index contributed by atoms with van der Waals surface area (Å²) in [4.78, 5) is 3.86. The molecule has 0 fully saturated rings. The summed E-state index contributed by atoms with van der Waals surface area (Å²) in [6.45, 7) is 6.57. The van der Waals surface area contributed by atoms with Crippen molar-refractivity contribution in [3.8, 4) is 11.5 Å². The SMILES string of the molecule is CSc1ccc2c(c1)CN(C(C)(C)CCc1ccc(O)c(O)c1)C2. The second-order valence-corrected chi connectivity index (χ2v) is 8.01. The number of phenolic OH excluding ortho intramolecular Hbond substituents is 2. The Morgan fingerprint density at radius 3 is 2.46 bits per heavy atom. The molecule has 4 heteroatoms. The van der Waals surface area contributed by atoms with Gasteiger partial charge in [-0.15, -0.1) is 11.8 Å². The molecule has 0 atom stereocenters. The summed E-state index contributed by atoms with van der Waals surface area (Å²) in [5.41, 5.74) is 4.01. The Kier molecular flexibility index (Phi) is 4.79. The fraction of sp³-hybridized carbons (Fsp3) is 0.400. The van der Waals surface area contributed by atoms with Crippen LogP contribution in [-0.2, 0) is 19.5 Å².